The number of hydrogen-bond acceptors (Lipinski definition) is 3. The molecule has 0 aromatic heterocycles. The molecule has 1 saturated heterocycles. The van der Waals surface area contributed by atoms with E-state index in [1.165, 1.54) is 0 Å². The summed E-state index contributed by atoms with van der Waals surface area (Å²) in [6.07, 6.45) is -0.0970. The van der Waals surface area contributed by atoms with Crippen LogP contribution in [0.2, 0.25) is 10.0 Å². The van der Waals surface area contributed by atoms with Crippen molar-refractivity contribution < 1.29 is 14.3 Å². The van der Waals surface area contributed by atoms with Crippen LogP contribution in [0.4, 0.5) is 10.5 Å². The van der Waals surface area contributed by atoms with Crippen LogP contribution in [0.15, 0.2) is 18.2 Å². The second kappa shape index (κ2) is 7.13. The zero-order valence-corrected chi connectivity index (χ0v) is 12.6. The highest BCUT2D eigenvalue weighted by molar-refractivity contribution is 6.36. The number of nitrogens with zero attached hydrogens (tertiary/aromatic N) is 1. The molecule has 0 aliphatic carbocycles. The number of amides is 2. The van der Waals surface area contributed by atoms with Crippen LogP contribution in [0.25, 0.3) is 0 Å². The van der Waals surface area contributed by atoms with Crippen LogP contribution in [-0.2, 0) is 9.47 Å². The average Bonchev–Trinajstić information content (AvgIpc) is 2.42. The van der Waals surface area contributed by atoms with E-state index in [0.29, 0.717) is 42.0 Å². The van der Waals surface area contributed by atoms with E-state index in [-0.39, 0.29) is 12.1 Å². The number of ether oxygens (including phenoxy) is 2. The first-order valence-corrected chi connectivity index (χ1v) is 6.97. The molecule has 20 heavy (non-hydrogen) atoms. The van der Waals surface area contributed by atoms with Gasteiger partial charge in [0.05, 0.1) is 36.6 Å². The molecule has 1 aliphatic rings. The first kappa shape index (κ1) is 15.4. The lowest BCUT2D eigenvalue weighted by molar-refractivity contribution is -0.0481. The van der Waals surface area contributed by atoms with Gasteiger partial charge in [0.1, 0.15) is 0 Å². The van der Waals surface area contributed by atoms with Gasteiger partial charge in [0, 0.05) is 18.7 Å². The van der Waals surface area contributed by atoms with E-state index in [0.717, 1.165) is 0 Å². The number of benzene rings is 1. The van der Waals surface area contributed by atoms with Gasteiger partial charge in [0.15, 0.2) is 0 Å². The van der Waals surface area contributed by atoms with E-state index in [4.69, 9.17) is 32.7 Å². The largest absolute Gasteiger partial charge is 0.382 e. The minimum Gasteiger partial charge on any atom is -0.382 e. The summed E-state index contributed by atoms with van der Waals surface area (Å²) in [6, 6.07) is 4.73. The van der Waals surface area contributed by atoms with Crippen molar-refractivity contribution in [3.63, 3.8) is 0 Å². The second-order valence-corrected chi connectivity index (χ2v) is 5.29. The number of carbonyl (C=O) groups excluding carboxylic acids is 1. The van der Waals surface area contributed by atoms with E-state index in [1.807, 2.05) is 0 Å². The molecule has 0 spiro atoms. The van der Waals surface area contributed by atoms with Gasteiger partial charge in [-0.15, -0.1) is 0 Å². The predicted octanol–water partition coefficient (Wildman–Crippen LogP) is 2.87. The topological polar surface area (TPSA) is 50.8 Å². The summed E-state index contributed by atoms with van der Waals surface area (Å²) in [7, 11) is 1.61. The maximum absolute atomic E-state index is 12.2. The Morgan fingerprint density at radius 1 is 1.55 bits per heavy atom. The Kier molecular flexibility index (Phi) is 5.48. The molecule has 5 nitrogen and oxygen atoms in total. The quantitative estimate of drug-likeness (QED) is 0.932. The standard InChI is InChI=1S/C13H16Cl2N2O3/c1-19-8-10-7-17(4-5-20-10)13(18)16-12-3-2-9(14)6-11(12)15/h2-3,6,10H,4-5,7-8H2,1H3,(H,16,18). The third-order valence-corrected chi connectivity index (χ3v) is 3.50. The van der Waals surface area contributed by atoms with E-state index >= 15 is 0 Å². The maximum Gasteiger partial charge on any atom is 0.322 e. The fourth-order valence-electron chi connectivity index (χ4n) is 1.98. The molecule has 7 heteroatoms. The third kappa shape index (κ3) is 3.99. The van der Waals surface area contributed by atoms with Gasteiger partial charge >= 0.3 is 6.03 Å². The third-order valence-electron chi connectivity index (χ3n) is 2.95. The fraction of sp³-hybridized carbons (Fsp3) is 0.462. The van der Waals surface area contributed by atoms with Gasteiger partial charge in [-0.1, -0.05) is 23.2 Å². The van der Waals surface area contributed by atoms with Crippen LogP contribution >= 0.6 is 23.2 Å². The first-order valence-electron chi connectivity index (χ1n) is 6.21. The number of hydrogen-bond donors (Lipinski definition) is 1. The number of rotatable bonds is 3. The number of anilines is 1. The Labute approximate surface area is 127 Å². The van der Waals surface area contributed by atoms with Crippen LogP contribution in [0.1, 0.15) is 0 Å². The van der Waals surface area contributed by atoms with Crippen molar-refractivity contribution in [2.45, 2.75) is 6.10 Å². The first-order chi connectivity index (χ1) is 9.60. The van der Waals surface area contributed by atoms with Crippen LogP contribution < -0.4 is 5.32 Å². The number of urea groups is 1. The molecule has 2 rings (SSSR count). The van der Waals surface area contributed by atoms with E-state index in [2.05, 4.69) is 5.32 Å². The van der Waals surface area contributed by atoms with E-state index in [1.54, 1.807) is 30.2 Å². The molecule has 0 bridgehead atoms. The van der Waals surface area contributed by atoms with Crippen LogP contribution in [-0.4, -0.2) is 50.4 Å². The molecule has 2 amide bonds. The van der Waals surface area contributed by atoms with Crippen LogP contribution in [0.3, 0.4) is 0 Å². The van der Waals surface area contributed by atoms with Crippen molar-refractivity contribution in [3.8, 4) is 0 Å². The molecular formula is C13H16Cl2N2O3. The lowest BCUT2D eigenvalue weighted by Gasteiger charge is -2.32. The molecule has 0 radical (unpaired) electrons. The zero-order valence-electron chi connectivity index (χ0n) is 11.1. The molecule has 1 unspecified atom stereocenters. The summed E-state index contributed by atoms with van der Waals surface area (Å²) < 4.78 is 10.5. The van der Waals surface area contributed by atoms with Crippen molar-refractivity contribution >= 4 is 34.9 Å². The van der Waals surface area contributed by atoms with Crippen molar-refractivity contribution in [1.82, 2.24) is 4.90 Å². The minimum atomic E-state index is -0.210. The maximum atomic E-state index is 12.2. The highest BCUT2D eigenvalue weighted by atomic mass is 35.5. The Balaban J connectivity index is 1.97. The van der Waals surface area contributed by atoms with Gasteiger partial charge in [-0.05, 0) is 18.2 Å². The van der Waals surface area contributed by atoms with E-state index in [9.17, 15) is 4.79 Å². The Hall–Kier alpha value is -1.01. The van der Waals surface area contributed by atoms with Gasteiger partial charge in [0.25, 0.3) is 0 Å². The van der Waals surface area contributed by atoms with Crippen molar-refractivity contribution in [1.29, 1.82) is 0 Å². The number of nitrogens with one attached hydrogen (secondary N) is 1. The minimum absolute atomic E-state index is 0.0970. The smallest absolute Gasteiger partial charge is 0.322 e. The molecule has 0 saturated carbocycles. The molecule has 1 aromatic rings. The molecule has 1 atom stereocenters. The lowest BCUT2D eigenvalue weighted by atomic mass is 10.3. The number of morpholine rings is 1. The fourth-order valence-corrected chi connectivity index (χ4v) is 2.43. The Bertz CT molecular complexity index is 483. The van der Waals surface area contributed by atoms with Crippen molar-refractivity contribution in [3.05, 3.63) is 28.2 Å². The van der Waals surface area contributed by atoms with Gasteiger partial charge in [0.2, 0.25) is 0 Å². The van der Waals surface area contributed by atoms with Gasteiger partial charge in [-0.2, -0.15) is 0 Å². The number of methoxy groups -OCH3 is 1. The molecule has 1 aromatic carbocycles. The predicted molar refractivity (Wildman–Crippen MR) is 78.7 cm³/mol. The number of halogens is 2. The number of carbonyl (C=O) groups is 1. The van der Waals surface area contributed by atoms with Gasteiger partial charge < -0.3 is 19.7 Å². The Morgan fingerprint density at radius 2 is 2.35 bits per heavy atom. The van der Waals surface area contributed by atoms with Gasteiger partial charge in [-0.25, -0.2) is 4.79 Å². The van der Waals surface area contributed by atoms with Gasteiger partial charge in [-0.3, -0.25) is 0 Å². The average molecular weight is 319 g/mol. The molecule has 1 fully saturated rings. The highest BCUT2D eigenvalue weighted by Crippen LogP contribution is 2.25. The van der Waals surface area contributed by atoms with Crippen LogP contribution in [0.5, 0.6) is 0 Å². The van der Waals surface area contributed by atoms with E-state index < -0.39 is 0 Å². The highest BCUT2D eigenvalue weighted by Gasteiger charge is 2.24. The molecular weight excluding hydrogens is 303 g/mol. The second-order valence-electron chi connectivity index (χ2n) is 4.45. The van der Waals surface area contributed by atoms with Crippen molar-refractivity contribution in [2.24, 2.45) is 0 Å². The lowest BCUT2D eigenvalue weighted by Crippen LogP contribution is -2.48. The summed E-state index contributed by atoms with van der Waals surface area (Å²) in [5.41, 5.74) is 0.538. The summed E-state index contributed by atoms with van der Waals surface area (Å²) in [5, 5.41) is 3.71. The Morgan fingerprint density at radius 3 is 3.05 bits per heavy atom. The summed E-state index contributed by atoms with van der Waals surface area (Å²) in [5.74, 6) is 0. The summed E-state index contributed by atoms with van der Waals surface area (Å²) in [4.78, 5) is 13.9. The molecule has 1 aliphatic heterocycles. The normalized spacial score (nSPS) is 18.9. The van der Waals surface area contributed by atoms with Crippen molar-refractivity contribution in [2.75, 3.05) is 38.7 Å². The molecule has 1 N–H and O–H groups in total. The van der Waals surface area contributed by atoms with Crippen LogP contribution in [0, 0.1) is 0 Å². The zero-order chi connectivity index (χ0) is 14.5. The molecule has 110 valence electrons. The summed E-state index contributed by atoms with van der Waals surface area (Å²) in [6.45, 7) is 1.99. The molecule has 1 heterocycles. The SMILES string of the molecule is COCC1CN(C(=O)Nc2ccc(Cl)cc2Cl)CCO1. The monoisotopic (exact) mass is 318 g/mol. The summed E-state index contributed by atoms with van der Waals surface area (Å²) >= 11 is 11.8.